The van der Waals surface area contributed by atoms with E-state index in [2.05, 4.69) is 37.6 Å². The van der Waals surface area contributed by atoms with Crippen LogP contribution in [0.25, 0.3) is 20.8 Å². The molecule has 5 nitrogen and oxygen atoms in total. The molecule has 4 rings (SSSR count). The largest absolute Gasteiger partial charge is 0.496 e. The van der Waals surface area contributed by atoms with E-state index in [9.17, 15) is 4.79 Å². The van der Waals surface area contributed by atoms with Gasteiger partial charge in [-0.15, -0.1) is 11.3 Å². The molecule has 0 atom stereocenters. The summed E-state index contributed by atoms with van der Waals surface area (Å²) in [4.78, 5) is 17.1. The van der Waals surface area contributed by atoms with E-state index in [-0.39, 0.29) is 11.0 Å². The predicted octanol–water partition coefficient (Wildman–Crippen LogP) is 5.86. The van der Waals surface area contributed by atoms with Crippen molar-refractivity contribution in [2.75, 3.05) is 12.4 Å². The number of carbonyl (C=O) groups excluding carboxylic acids is 1. The van der Waals surface area contributed by atoms with Gasteiger partial charge in [-0.2, -0.15) is 0 Å². The van der Waals surface area contributed by atoms with Crippen LogP contribution >= 0.6 is 39.5 Å². The summed E-state index contributed by atoms with van der Waals surface area (Å²) < 4.78 is 7.03. The number of ether oxygens (including phenoxy) is 1. The highest BCUT2D eigenvalue weighted by atomic mass is 79.9. The van der Waals surface area contributed by atoms with E-state index < -0.39 is 0 Å². The Labute approximate surface area is 191 Å². The fourth-order valence-corrected chi connectivity index (χ4v) is 4.56. The standard InChI is InChI=1S/C22H16BrN3O2S2/c1-28-18-11-8-14(12-16(18)23)20(27)26-22(29)24-15-9-6-13(7-10-15)21-25-17-4-2-3-5-19(17)30-21/h2-12H,1H3,(H2,24,26,27,29). The maximum atomic E-state index is 12.4. The van der Waals surface area contributed by atoms with Crippen molar-refractivity contribution in [2.45, 2.75) is 0 Å². The molecule has 0 saturated carbocycles. The van der Waals surface area contributed by atoms with Crippen molar-refractivity contribution in [3.8, 4) is 16.3 Å². The van der Waals surface area contributed by atoms with Crippen LogP contribution in [0, 0.1) is 0 Å². The van der Waals surface area contributed by atoms with E-state index in [1.54, 1.807) is 36.6 Å². The second kappa shape index (κ2) is 8.91. The monoisotopic (exact) mass is 497 g/mol. The van der Waals surface area contributed by atoms with Gasteiger partial charge in [-0.3, -0.25) is 10.1 Å². The molecule has 0 radical (unpaired) electrons. The number of hydrogen-bond acceptors (Lipinski definition) is 5. The predicted molar refractivity (Wildman–Crippen MR) is 129 cm³/mol. The average Bonchev–Trinajstić information content (AvgIpc) is 3.18. The molecule has 30 heavy (non-hydrogen) atoms. The lowest BCUT2D eigenvalue weighted by atomic mass is 10.2. The van der Waals surface area contributed by atoms with Crippen molar-refractivity contribution in [1.29, 1.82) is 0 Å². The number of carbonyl (C=O) groups is 1. The zero-order valence-electron chi connectivity index (χ0n) is 15.8. The Hall–Kier alpha value is -2.81. The summed E-state index contributed by atoms with van der Waals surface area (Å²) in [5.41, 5.74) is 3.27. The maximum absolute atomic E-state index is 12.4. The number of methoxy groups -OCH3 is 1. The minimum atomic E-state index is -0.304. The molecule has 0 aliphatic carbocycles. The van der Waals surface area contributed by atoms with Gasteiger partial charge in [0, 0.05) is 16.8 Å². The Morgan fingerprint density at radius 1 is 1.10 bits per heavy atom. The Kier molecular flexibility index (Phi) is 6.08. The molecule has 0 fully saturated rings. The van der Waals surface area contributed by atoms with Crippen LogP contribution in [0.1, 0.15) is 10.4 Å². The summed E-state index contributed by atoms with van der Waals surface area (Å²) in [6.07, 6.45) is 0. The lowest BCUT2D eigenvalue weighted by molar-refractivity contribution is 0.0977. The third-order valence-corrected chi connectivity index (χ3v) is 6.23. The zero-order chi connectivity index (χ0) is 21.1. The molecule has 0 saturated heterocycles. The van der Waals surface area contributed by atoms with Gasteiger partial charge in [0.15, 0.2) is 5.11 Å². The molecule has 0 aliphatic rings. The molecule has 1 heterocycles. The van der Waals surface area contributed by atoms with Crippen molar-refractivity contribution in [2.24, 2.45) is 0 Å². The first-order chi connectivity index (χ1) is 14.5. The van der Waals surface area contributed by atoms with E-state index in [1.807, 2.05) is 42.5 Å². The first kappa shape index (κ1) is 20.5. The van der Waals surface area contributed by atoms with Gasteiger partial charge >= 0.3 is 0 Å². The number of rotatable bonds is 4. The molecule has 1 aromatic heterocycles. The summed E-state index contributed by atoms with van der Waals surface area (Å²) >= 11 is 10.3. The first-order valence-corrected chi connectivity index (χ1v) is 11.0. The van der Waals surface area contributed by atoms with Crippen molar-refractivity contribution < 1.29 is 9.53 Å². The summed E-state index contributed by atoms with van der Waals surface area (Å²) in [7, 11) is 1.57. The summed E-state index contributed by atoms with van der Waals surface area (Å²) in [6, 6.07) is 20.9. The minimum absolute atomic E-state index is 0.222. The van der Waals surface area contributed by atoms with Gasteiger partial charge < -0.3 is 10.1 Å². The van der Waals surface area contributed by atoms with E-state index in [4.69, 9.17) is 17.0 Å². The molecule has 0 bridgehead atoms. The Morgan fingerprint density at radius 3 is 2.57 bits per heavy atom. The molecular weight excluding hydrogens is 482 g/mol. The maximum Gasteiger partial charge on any atom is 0.257 e. The number of fused-ring (bicyclic) bond motifs is 1. The number of amides is 1. The number of benzene rings is 3. The van der Waals surface area contributed by atoms with Gasteiger partial charge in [0.05, 0.1) is 21.8 Å². The lowest BCUT2D eigenvalue weighted by Gasteiger charge is -2.11. The van der Waals surface area contributed by atoms with Crippen LogP contribution in [-0.4, -0.2) is 23.1 Å². The number of nitrogens with zero attached hydrogens (tertiary/aromatic N) is 1. The fourth-order valence-electron chi connectivity index (χ4n) is 2.84. The van der Waals surface area contributed by atoms with Gasteiger partial charge in [0.1, 0.15) is 10.8 Å². The Bertz CT molecular complexity index is 1210. The average molecular weight is 498 g/mol. The Balaban J connectivity index is 1.41. The summed E-state index contributed by atoms with van der Waals surface area (Å²) in [5, 5.41) is 6.90. The van der Waals surface area contributed by atoms with Crippen LogP contribution in [0.5, 0.6) is 5.75 Å². The minimum Gasteiger partial charge on any atom is -0.496 e. The number of anilines is 1. The van der Waals surface area contributed by atoms with E-state index in [0.717, 1.165) is 26.5 Å². The van der Waals surface area contributed by atoms with Gasteiger partial charge in [0.25, 0.3) is 5.91 Å². The number of para-hydroxylation sites is 1. The third kappa shape index (κ3) is 4.51. The SMILES string of the molecule is COc1ccc(C(=O)NC(=S)Nc2ccc(-c3nc4ccccc4s3)cc2)cc1Br. The van der Waals surface area contributed by atoms with Crippen LogP contribution in [0.15, 0.2) is 71.2 Å². The zero-order valence-corrected chi connectivity index (χ0v) is 19.0. The van der Waals surface area contributed by atoms with E-state index in [1.165, 1.54) is 0 Å². The number of aromatic nitrogens is 1. The van der Waals surface area contributed by atoms with Gasteiger partial charge in [-0.1, -0.05) is 12.1 Å². The third-order valence-electron chi connectivity index (χ3n) is 4.32. The quantitative estimate of drug-likeness (QED) is 0.345. The molecular formula is C22H16BrN3O2S2. The topological polar surface area (TPSA) is 63.2 Å². The van der Waals surface area contributed by atoms with E-state index in [0.29, 0.717) is 15.8 Å². The highest BCUT2D eigenvalue weighted by Crippen LogP contribution is 2.30. The van der Waals surface area contributed by atoms with Gasteiger partial charge in [0.2, 0.25) is 0 Å². The number of hydrogen-bond donors (Lipinski definition) is 2. The molecule has 4 aromatic rings. The first-order valence-electron chi connectivity index (χ1n) is 8.95. The molecule has 150 valence electrons. The Morgan fingerprint density at radius 2 is 1.87 bits per heavy atom. The molecule has 3 aromatic carbocycles. The van der Waals surface area contributed by atoms with Crippen LogP contribution in [0.4, 0.5) is 5.69 Å². The summed E-state index contributed by atoms with van der Waals surface area (Å²) in [5.74, 6) is 0.349. The van der Waals surface area contributed by atoms with Crippen molar-refractivity contribution in [1.82, 2.24) is 10.3 Å². The van der Waals surface area contributed by atoms with Crippen molar-refractivity contribution in [3.05, 3.63) is 76.8 Å². The highest BCUT2D eigenvalue weighted by Gasteiger charge is 2.11. The number of thiocarbonyl (C=S) groups is 1. The molecule has 0 unspecified atom stereocenters. The lowest BCUT2D eigenvalue weighted by Crippen LogP contribution is -2.34. The number of thiazole rings is 1. The second-order valence-electron chi connectivity index (χ2n) is 6.32. The smallest absolute Gasteiger partial charge is 0.257 e. The van der Waals surface area contributed by atoms with Crippen LogP contribution in [0.3, 0.4) is 0 Å². The molecule has 1 amide bonds. The van der Waals surface area contributed by atoms with Gasteiger partial charge in [-0.25, -0.2) is 4.98 Å². The molecule has 8 heteroatoms. The second-order valence-corrected chi connectivity index (χ2v) is 8.61. The van der Waals surface area contributed by atoms with Gasteiger partial charge in [-0.05, 0) is 82.7 Å². The highest BCUT2D eigenvalue weighted by molar-refractivity contribution is 9.10. The van der Waals surface area contributed by atoms with Crippen LogP contribution in [0.2, 0.25) is 0 Å². The fraction of sp³-hybridized carbons (Fsp3) is 0.0455. The van der Waals surface area contributed by atoms with Crippen LogP contribution < -0.4 is 15.4 Å². The molecule has 0 aliphatic heterocycles. The molecule has 2 N–H and O–H groups in total. The normalized spacial score (nSPS) is 10.6. The number of nitrogens with one attached hydrogen (secondary N) is 2. The van der Waals surface area contributed by atoms with E-state index >= 15 is 0 Å². The summed E-state index contributed by atoms with van der Waals surface area (Å²) in [6.45, 7) is 0. The van der Waals surface area contributed by atoms with Crippen molar-refractivity contribution >= 4 is 66.4 Å². The van der Waals surface area contributed by atoms with Crippen LogP contribution in [-0.2, 0) is 0 Å². The number of halogens is 1. The van der Waals surface area contributed by atoms with Crippen molar-refractivity contribution in [3.63, 3.8) is 0 Å². The molecule has 0 spiro atoms.